The molecule has 3 heterocycles. The topological polar surface area (TPSA) is 130 Å². The maximum absolute atomic E-state index is 12.7. The van der Waals surface area contributed by atoms with Crippen molar-refractivity contribution in [2.24, 2.45) is 0 Å². The number of imidazole rings is 1. The van der Waals surface area contributed by atoms with Gasteiger partial charge in [-0.25, -0.2) is 14.5 Å². The van der Waals surface area contributed by atoms with Gasteiger partial charge >= 0.3 is 12.1 Å². The number of fused-ring (bicyclic) bond motifs is 1. The molecule has 0 fully saturated rings. The second-order valence-corrected chi connectivity index (χ2v) is 7.09. The predicted octanol–water partition coefficient (Wildman–Crippen LogP) is 2.38. The quantitative estimate of drug-likeness (QED) is 0.562. The Bertz CT molecular complexity index is 1110. The number of aliphatic carboxylic acids is 1. The van der Waals surface area contributed by atoms with Crippen molar-refractivity contribution in [2.45, 2.75) is 32.6 Å². The number of carbonyl (C=O) groups excluding carboxylic acids is 1. The van der Waals surface area contributed by atoms with E-state index < -0.39 is 12.1 Å². The van der Waals surface area contributed by atoms with Crippen LogP contribution in [0, 0.1) is 6.92 Å². The first-order valence-electron chi connectivity index (χ1n) is 9.55. The van der Waals surface area contributed by atoms with Crippen LogP contribution in [0.4, 0.5) is 19.0 Å². The van der Waals surface area contributed by atoms with Gasteiger partial charge in [-0.05, 0) is 6.92 Å². The lowest BCUT2D eigenvalue weighted by atomic mass is 10.1. The molecule has 32 heavy (non-hydrogen) atoms. The number of aromatic amines is 1. The first kappa shape index (κ1) is 22.8. The van der Waals surface area contributed by atoms with Crippen molar-refractivity contribution in [1.29, 1.82) is 0 Å². The number of anilines is 1. The van der Waals surface area contributed by atoms with Gasteiger partial charge in [0.25, 0.3) is 0 Å². The molecule has 0 saturated heterocycles. The molecule has 1 aliphatic rings. The summed E-state index contributed by atoms with van der Waals surface area (Å²) in [6, 6.07) is 11.6. The van der Waals surface area contributed by atoms with Crippen LogP contribution in [0.5, 0.6) is 0 Å². The van der Waals surface area contributed by atoms with E-state index in [0.29, 0.717) is 18.9 Å². The van der Waals surface area contributed by atoms with Crippen molar-refractivity contribution in [2.75, 3.05) is 12.3 Å². The Morgan fingerprint density at radius 3 is 2.53 bits per heavy atom. The average molecular weight is 450 g/mol. The summed E-state index contributed by atoms with van der Waals surface area (Å²) in [6.07, 6.45) is -4.31. The minimum atomic E-state index is -5.08. The number of hydrogen-bond acceptors (Lipinski definition) is 5. The Balaban J connectivity index is 0.000000360. The highest BCUT2D eigenvalue weighted by Gasteiger charge is 2.38. The Kier molecular flexibility index (Phi) is 6.51. The molecule has 1 aromatic carbocycles. The van der Waals surface area contributed by atoms with E-state index in [9.17, 15) is 18.0 Å². The SMILES string of the molecule is Cc1nc2c([nH]1)CN(C(=O)Cn1nc(-c3ccccc3)cc1N)CC2.O=C(O)C(F)(F)F. The number of carboxylic acid groups (broad SMARTS) is 1. The van der Waals surface area contributed by atoms with Crippen LogP contribution in [0.1, 0.15) is 17.2 Å². The van der Waals surface area contributed by atoms with Crippen LogP contribution in [0.15, 0.2) is 36.4 Å². The van der Waals surface area contributed by atoms with Gasteiger partial charge in [0.2, 0.25) is 5.91 Å². The predicted molar refractivity (Wildman–Crippen MR) is 108 cm³/mol. The van der Waals surface area contributed by atoms with Crippen LogP contribution in [-0.2, 0) is 29.1 Å². The summed E-state index contributed by atoms with van der Waals surface area (Å²) in [5.74, 6) is -1.37. The largest absolute Gasteiger partial charge is 0.490 e. The third-order valence-corrected chi connectivity index (χ3v) is 4.71. The molecule has 0 spiro atoms. The number of nitrogens with zero attached hydrogens (tertiary/aromatic N) is 4. The highest BCUT2D eigenvalue weighted by molar-refractivity contribution is 5.77. The normalized spacial score (nSPS) is 13.2. The first-order chi connectivity index (χ1) is 15.0. The number of nitrogens with one attached hydrogen (secondary N) is 1. The van der Waals surface area contributed by atoms with Crippen LogP contribution in [0.2, 0.25) is 0 Å². The molecule has 4 rings (SSSR count). The van der Waals surface area contributed by atoms with Crippen molar-refractivity contribution in [3.05, 3.63) is 53.6 Å². The summed E-state index contributed by atoms with van der Waals surface area (Å²) in [7, 11) is 0. The molecule has 3 aromatic rings. The smallest absolute Gasteiger partial charge is 0.475 e. The molecule has 2 aromatic heterocycles. The van der Waals surface area contributed by atoms with Crippen LogP contribution in [0.25, 0.3) is 11.3 Å². The van der Waals surface area contributed by atoms with Crippen LogP contribution in [-0.4, -0.2) is 54.4 Å². The number of aromatic nitrogens is 4. The lowest BCUT2D eigenvalue weighted by molar-refractivity contribution is -0.192. The second-order valence-electron chi connectivity index (χ2n) is 7.09. The van der Waals surface area contributed by atoms with Crippen molar-refractivity contribution < 1.29 is 27.9 Å². The molecule has 12 heteroatoms. The van der Waals surface area contributed by atoms with Crippen LogP contribution >= 0.6 is 0 Å². The summed E-state index contributed by atoms with van der Waals surface area (Å²) in [6.45, 7) is 3.30. The minimum absolute atomic E-state index is 0.00677. The highest BCUT2D eigenvalue weighted by atomic mass is 19.4. The number of aryl methyl sites for hydroxylation is 1. The van der Waals surface area contributed by atoms with E-state index in [4.69, 9.17) is 15.6 Å². The van der Waals surface area contributed by atoms with E-state index in [0.717, 1.165) is 34.9 Å². The fourth-order valence-electron chi connectivity index (χ4n) is 3.19. The molecule has 0 bridgehead atoms. The number of halogens is 3. The van der Waals surface area contributed by atoms with Gasteiger partial charge in [-0.1, -0.05) is 30.3 Å². The number of amides is 1. The van der Waals surface area contributed by atoms with Crippen molar-refractivity contribution in [3.8, 4) is 11.3 Å². The maximum Gasteiger partial charge on any atom is 0.490 e. The molecule has 1 amide bonds. The summed E-state index contributed by atoms with van der Waals surface area (Å²) < 4.78 is 33.3. The Morgan fingerprint density at radius 1 is 1.25 bits per heavy atom. The zero-order valence-electron chi connectivity index (χ0n) is 17.1. The van der Waals surface area contributed by atoms with Crippen molar-refractivity contribution >= 4 is 17.7 Å². The van der Waals surface area contributed by atoms with Crippen molar-refractivity contribution in [3.63, 3.8) is 0 Å². The third kappa shape index (κ3) is 5.45. The van der Waals surface area contributed by atoms with Gasteiger partial charge in [0.1, 0.15) is 18.2 Å². The van der Waals surface area contributed by atoms with E-state index in [1.165, 1.54) is 0 Å². The van der Waals surface area contributed by atoms with E-state index in [1.54, 1.807) is 10.7 Å². The number of carbonyl (C=O) groups is 2. The van der Waals surface area contributed by atoms with Gasteiger partial charge in [0.05, 0.1) is 23.6 Å². The van der Waals surface area contributed by atoms with Gasteiger partial charge < -0.3 is 20.7 Å². The highest BCUT2D eigenvalue weighted by Crippen LogP contribution is 2.21. The third-order valence-electron chi connectivity index (χ3n) is 4.71. The first-order valence-corrected chi connectivity index (χ1v) is 9.55. The average Bonchev–Trinajstić information content (AvgIpc) is 3.29. The number of benzene rings is 1. The molecular formula is C20H21F3N6O3. The van der Waals surface area contributed by atoms with Gasteiger partial charge in [-0.3, -0.25) is 4.79 Å². The molecular weight excluding hydrogens is 429 g/mol. The van der Waals surface area contributed by atoms with Crippen LogP contribution in [0.3, 0.4) is 0 Å². The summed E-state index contributed by atoms with van der Waals surface area (Å²) in [5.41, 5.74) is 9.89. The van der Waals surface area contributed by atoms with E-state index in [2.05, 4.69) is 15.1 Å². The van der Waals surface area contributed by atoms with Crippen LogP contribution < -0.4 is 5.73 Å². The standard InChI is InChI=1S/C18H20N6O.C2HF3O2/c1-12-20-14-7-8-23(10-16(14)21-12)18(25)11-24-17(19)9-15(22-24)13-5-3-2-4-6-13;3-2(4,5)1(6)7/h2-6,9H,7-8,10-11,19H2,1H3,(H,20,21);(H,6,7). The number of hydrogen-bond donors (Lipinski definition) is 3. The van der Waals surface area contributed by atoms with E-state index in [-0.39, 0.29) is 12.5 Å². The van der Waals surface area contributed by atoms with E-state index >= 15 is 0 Å². The fourth-order valence-corrected chi connectivity index (χ4v) is 3.19. The number of carboxylic acids is 1. The Labute approximate surface area is 180 Å². The number of alkyl halides is 3. The second kappa shape index (κ2) is 9.12. The monoisotopic (exact) mass is 450 g/mol. The van der Waals surface area contributed by atoms with E-state index in [1.807, 2.05) is 42.2 Å². The summed E-state index contributed by atoms with van der Waals surface area (Å²) >= 11 is 0. The minimum Gasteiger partial charge on any atom is -0.475 e. The maximum atomic E-state index is 12.7. The molecule has 0 saturated carbocycles. The van der Waals surface area contributed by atoms with Crippen molar-refractivity contribution in [1.82, 2.24) is 24.6 Å². The molecule has 0 radical (unpaired) electrons. The number of rotatable bonds is 3. The molecule has 9 nitrogen and oxygen atoms in total. The Hall–Kier alpha value is -3.83. The van der Waals surface area contributed by atoms with Gasteiger partial charge in [0.15, 0.2) is 0 Å². The van der Waals surface area contributed by atoms with Gasteiger partial charge in [-0.2, -0.15) is 18.3 Å². The summed E-state index contributed by atoms with van der Waals surface area (Å²) in [4.78, 5) is 31.1. The molecule has 1 aliphatic heterocycles. The lowest BCUT2D eigenvalue weighted by Crippen LogP contribution is -2.38. The fraction of sp³-hybridized carbons (Fsp3) is 0.300. The molecule has 4 N–H and O–H groups in total. The molecule has 0 aliphatic carbocycles. The Morgan fingerprint density at radius 2 is 1.91 bits per heavy atom. The number of nitrogens with two attached hydrogens (primary N) is 1. The number of H-pyrrole nitrogens is 1. The van der Waals surface area contributed by atoms with Gasteiger partial charge in [-0.15, -0.1) is 0 Å². The molecule has 0 atom stereocenters. The van der Waals surface area contributed by atoms with Gasteiger partial charge in [0, 0.05) is 24.6 Å². The molecule has 170 valence electrons. The summed E-state index contributed by atoms with van der Waals surface area (Å²) in [5, 5.41) is 11.6. The zero-order valence-corrected chi connectivity index (χ0v) is 17.1. The molecule has 0 unspecified atom stereocenters. The number of nitrogen functional groups attached to an aromatic ring is 1. The zero-order chi connectivity index (χ0) is 23.5. The lowest BCUT2D eigenvalue weighted by Gasteiger charge is -2.26.